The first-order chi connectivity index (χ1) is 7.65. The van der Waals surface area contributed by atoms with Gasteiger partial charge in [0.25, 0.3) is 0 Å². The predicted molar refractivity (Wildman–Crippen MR) is 62.9 cm³/mol. The van der Waals surface area contributed by atoms with Crippen molar-refractivity contribution in [3.8, 4) is 12.3 Å². The smallest absolute Gasteiger partial charge is 0.305 e. The molecular weight excluding hydrogens is 202 g/mol. The maximum absolute atomic E-state index is 10.8. The maximum atomic E-state index is 10.8. The minimum absolute atomic E-state index is 0.0577. The molecule has 1 unspecified atom stereocenters. The van der Waals surface area contributed by atoms with Crippen LogP contribution in [0.15, 0.2) is 30.3 Å². The Labute approximate surface area is 95.7 Å². The summed E-state index contributed by atoms with van der Waals surface area (Å²) >= 11 is 0. The Morgan fingerprint density at radius 1 is 1.50 bits per heavy atom. The van der Waals surface area contributed by atoms with Crippen LogP contribution in [0.25, 0.3) is 0 Å². The number of carbonyl (C=O) groups is 1. The van der Waals surface area contributed by atoms with Crippen LogP contribution >= 0.6 is 0 Å². The molecule has 0 aliphatic heterocycles. The lowest BCUT2D eigenvalue weighted by molar-refractivity contribution is -0.138. The van der Waals surface area contributed by atoms with E-state index in [-0.39, 0.29) is 12.5 Å². The lowest BCUT2D eigenvalue weighted by atomic mass is 10.0. The zero-order valence-electron chi connectivity index (χ0n) is 9.26. The van der Waals surface area contributed by atoms with Gasteiger partial charge < -0.3 is 5.11 Å². The van der Waals surface area contributed by atoms with Crippen LogP contribution in [0.5, 0.6) is 0 Å². The van der Waals surface area contributed by atoms with E-state index in [1.807, 2.05) is 42.3 Å². The third kappa shape index (κ3) is 3.41. The molecule has 0 radical (unpaired) electrons. The highest BCUT2D eigenvalue weighted by Crippen LogP contribution is 2.22. The Bertz CT molecular complexity index is 381. The number of terminal acetylenes is 1. The summed E-state index contributed by atoms with van der Waals surface area (Å²) in [6.07, 6.45) is 5.29. The Morgan fingerprint density at radius 3 is 2.62 bits per heavy atom. The highest BCUT2D eigenvalue weighted by atomic mass is 16.4. The second kappa shape index (κ2) is 5.94. The minimum atomic E-state index is -0.822. The molecule has 0 heterocycles. The van der Waals surface area contributed by atoms with Gasteiger partial charge in [-0.3, -0.25) is 9.69 Å². The normalized spacial score (nSPS) is 12.1. The van der Waals surface area contributed by atoms with E-state index in [9.17, 15) is 4.79 Å². The summed E-state index contributed by atoms with van der Waals surface area (Å²) in [5, 5.41) is 8.88. The van der Waals surface area contributed by atoms with E-state index >= 15 is 0 Å². The van der Waals surface area contributed by atoms with Crippen LogP contribution in [0.4, 0.5) is 0 Å². The largest absolute Gasteiger partial charge is 0.481 e. The summed E-state index contributed by atoms with van der Waals surface area (Å²) in [6.45, 7) is 0.437. The minimum Gasteiger partial charge on any atom is -0.481 e. The SMILES string of the molecule is C#CCN(C)C(CC(=O)O)c1ccccc1. The van der Waals surface area contributed by atoms with Crippen molar-refractivity contribution in [2.24, 2.45) is 0 Å². The van der Waals surface area contributed by atoms with Crippen molar-refractivity contribution < 1.29 is 9.90 Å². The quantitative estimate of drug-likeness (QED) is 0.764. The predicted octanol–water partition coefficient (Wildman–Crippen LogP) is 1.77. The van der Waals surface area contributed by atoms with E-state index < -0.39 is 5.97 Å². The third-order valence-corrected chi connectivity index (χ3v) is 2.43. The summed E-state index contributed by atoms with van der Waals surface area (Å²) in [5.41, 5.74) is 0.975. The molecule has 1 N–H and O–H groups in total. The molecule has 0 saturated carbocycles. The van der Waals surface area contributed by atoms with Gasteiger partial charge >= 0.3 is 5.97 Å². The summed E-state index contributed by atoms with van der Waals surface area (Å²) in [4.78, 5) is 12.7. The molecule has 3 nitrogen and oxygen atoms in total. The Morgan fingerprint density at radius 2 is 2.12 bits per heavy atom. The first-order valence-electron chi connectivity index (χ1n) is 5.05. The molecule has 84 valence electrons. The highest BCUT2D eigenvalue weighted by Gasteiger charge is 2.19. The van der Waals surface area contributed by atoms with Crippen LogP contribution < -0.4 is 0 Å². The molecule has 16 heavy (non-hydrogen) atoms. The van der Waals surface area contributed by atoms with Gasteiger partial charge in [-0.2, -0.15) is 0 Å². The molecular formula is C13H15NO2. The van der Waals surface area contributed by atoms with Crippen molar-refractivity contribution in [3.05, 3.63) is 35.9 Å². The zero-order chi connectivity index (χ0) is 12.0. The fraction of sp³-hybridized carbons (Fsp3) is 0.308. The number of carboxylic acid groups (broad SMARTS) is 1. The molecule has 0 fully saturated rings. The van der Waals surface area contributed by atoms with Gasteiger partial charge in [-0.25, -0.2) is 0 Å². The molecule has 0 aromatic heterocycles. The van der Waals surface area contributed by atoms with Crippen molar-refractivity contribution in [1.82, 2.24) is 4.90 Å². The van der Waals surface area contributed by atoms with E-state index in [2.05, 4.69) is 5.92 Å². The van der Waals surface area contributed by atoms with E-state index in [1.165, 1.54) is 0 Å². The summed E-state index contributed by atoms with van der Waals surface area (Å²) in [7, 11) is 1.83. The van der Waals surface area contributed by atoms with Crippen molar-refractivity contribution >= 4 is 5.97 Å². The third-order valence-electron chi connectivity index (χ3n) is 2.43. The van der Waals surface area contributed by atoms with Gasteiger partial charge in [0.05, 0.1) is 13.0 Å². The molecule has 0 aliphatic rings. The van der Waals surface area contributed by atoms with Gasteiger partial charge in [0.2, 0.25) is 0 Å². The number of hydrogen-bond acceptors (Lipinski definition) is 2. The molecule has 0 amide bonds. The van der Waals surface area contributed by atoms with E-state index in [1.54, 1.807) is 0 Å². The van der Waals surface area contributed by atoms with Gasteiger partial charge in [0.1, 0.15) is 0 Å². The monoisotopic (exact) mass is 217 g/mol. The van der Waals surface area contributed by atoms with Crippen LogP contribution in [-0.2, 0) is 4.79 Å². The molecule has 0 aliphatic carbocycles. The number of benzene rings is 1. The number of aliphatic carboxylic acids is 1. The fourth-order valence-corrected chi connectivity index (χ4v) is 1.62. The zero-order valence-corrected chi connectivity index (χ0v) is 9.26. The topological polar surface area (TPSA) is 40.5 Å². The average Bonchev–Trinajstić information content (AvgIpc) is 2.27. The highest BCUT2D eigenvalue weighted by molar-refractivity contribution is 5.67. The first kappa shape index (κ1) is 12.3. The molecule has 0 bridgehead atoms. The van der Waals surface area contributed by atoms with Gasteiger partial charge in [-0.1, -0.05) is 36.3 Å². The first-order valence-corrected chi connectivity index (χ1v) is 5.05. The molecule has 1 aromatic carbocycles. The van der Waals surface area contributed by atoms with Crippen LogP contribution in [0.3, 0.4) is 0 Å². The number of rotatable bonds is 5. The maximum Gasteiger partial charge on any atom is 0.305 e. The molecule has 0 saturated heterocycles. The number of carboxylic acids is 1. The van der Waals surface area contributed by atoms with Crippen LogP contribution in [0, 0.1) is 12.3 Å². The summed E-state index contributed by atoms with van der Waals surface area (Å²) < 4.78 is 0. The lowest BCUT2D eigenvalue weighted by Crippen LogP contribution is -2.27. The summed E-state index contributed by atoms with van der Waals surface area (Å²) in [6, 6.07) is 9.36. The molecule has 1 atom stereocenters. The van der Waals surface area contributed by atoms with Gasteiger partial charge in [0, 0.05) is 6.04 Å². The fourth-order valence-electron chi connectivity index (χ4n) is 1.62. The van der Waals surface area contributed by atoms with Crippen molar-refractivity contribution in [1.29, 1.82) is 0 Å². The van der Waals surface area contributed by atoms with Crippen LogP contribution in [0.2, 0.25) is 0 Å². The lowest BCUT2D eigenvalue weighted by Gasteiger charge is -2.25. The van der Waals surface area contributed by atoms with Gasteiger partial charge in [-0.05, 0) is 12.6 Å². The van der Waals surface area contributed by atoms with Crippen molar-refractivity contribution in [3.63, 3.8) is 0 Å². The van der Waals surface area contributed by atoms with Gasteiger partial charge in [-0.15, -0.1) is 6.42 Å². The number of hydrogen-bond donors (Lipinski definition) is 1. The Hall–Kier alpha value is -1.79. The van der Waals surface area contributed by atoms with E-state index in [0.717, 1.165) is 5.56 Å². The number of nitrogens with zero attached hydrogens (tertiary/aromatic N) is 1. The second-order valence-corrected chi connectivity index (χ2v) is 3.64. The molecule has 1 rings (SSSR count). The van der Waals surface area contributed by atoms with Gasteiger partial charge in [0.15, 0.2) is 0 Å². The van der Waals surface area contributed by atoms with Crippen molar-refractivity contribution in [2.75, 3.05) is 13.6 Å². The van der Waals surface area contributed by atoms with Crippen LogP contribution in [-0.4, -0.2) is 29.6 Å². The molecule has 3 heteroatoms. The molecule has 1 aromatic rings. The van der Waals surface area contributed by atoms with E-state index in [4.69, 9.17) is 11.5 Å². The van der Waals surface area contributed by atoms with Crippen LogP contribution in [0.1, 0.15) is 18.0 Å². The molecule has 0 spiro atoms. The Kier molecular flexibility index (Phi) is 4.56. The Balaban J connectivity index is 2.88. The summed E-state index contributed by atoms with van der Waals surface area (Å²) in [5.74, 6) is 1.70. The van der Waals surface area contributed by atoms with E-state index in [0.29, 0.717) is 6.54 Å². The second-order valence-electron chi connectivity index (χ2n) is 3.64. The average molecular weight is 217 g/mol. The van der Waals surface area contributed by atoms with Crippen molar-refractivity contribution in [2.45, 2.75) is 12.5 Å². The standard InChI is InChI=1S/C13H15NO2/c1-3-9-14(2)12(10-13(15)16)11-7-5-4-6-8-11/h1,4-8,12H,9-10H2,2H3,(H,15,16).